The number of aryl methyl sites for hydroxylation is 2. The molecule has 406 valence electrons. The Bertz CT molecular complexity index is 3360. The average molecular weight is 1070 g/mol. The van der Waals surface area contributed by atoms with Crippen LogP contribution in [-0.4, -0.2) is 135 Å². The molecule has 5 atom stereocenters. The van der Waals surface area contributed by atoms with Gasteiger partial charge in [0.1, 0.15) is 34.6 Å². The van der Waals surface area contributed by atoms with Gasteiger partial charge in [0.15, 0.2) is 11.6 Å². The summed E-state index contributed by atoms with van der Waals surface area (Å²) in [5.41, 5.74) is 7.08. The van der Waals surface area contributed by atoms with Gasteiger partial charge in [0.05, 0.1) is 33.9 Å². The van der Waals surface area contributed by atoms with Crippen LogP contribution in [0.2, 0.25) is 0 Å². The highest BCUT2D eigenvalue weighted by Crippen LogP contribution is 2.41. The van der Waals surface area contributed by atoms with Gasteiger partial charge in [-0.05, 0) is 136 Å². The average Bonchev–Trinajstić information content (AvgIpc) is 4.38. The quantitative estimate of drug-likeness (QED) is 0.0943. The van der Waals surface area contributed by atoms with Crippen molar-refractivity contribution in [3.63, 3.8) is 0 Å². The lowest BCUT2D eigenvalue weighted by molar-refractivity contribution is -0.138. The van der Waals surface area contributed by atoms with Gasteiger partial charge in [-0.3, -0.25) is 19.5 Å². The molecule has 0 aliphatic carbocycles. The van der Waals surface area contributed by atoms with Gasteiger partial charge in [-0.15, -0.1) is 11.3 Å². The molecule has 2 bridgehead atoms. The third-order valence-electron chi connectivity index (χ3n) is 17.9. The van der Waals surface area contributed by atoms with Crippen molar-refractivity contribution >= 4 is 62.4 Å². The fourth-order valence-corrected chi connectivity index (χ4v) is 14.5. The Morgan fingerprint density at radius 1 is 0.885 bits per heavy atom. The lowest BCUT2D eigenvalue weighted by Crippen LogP contribution is -2.51. The molecule has 4 aromatic heterocycles. The highest BCUT2D eigenvalue weighted by atomic mass is 32.1. The number of carbonyl (C=O) groups excluding carboxylic acids is 2. The first-order valence-electron chi connectivity index (χ1n) is 28.4. The lowest BCUT2D eigenvalue weighted by atomic mass is 9.83. The van der Waals surface area contributed by atoms with Crippen molar-refractivity contribution in [3.05, 3.63) is 101 Å². The molecule has 0 radical (unpaired) electrons. The van der Waals surface area contributed by atoms with E-state index in [9.17, 15) is 14.7 Å². The Balaban J connectivity index is 0.606. The van der Waals surface area contributed by atoms with E-state index >= 15 is 4.39 Å². The number of phenolic OH excluding ortho intramolecular Hbond substituents is 1. The van der Waals surface area contributed by atoms with Crippen LogP contribution in [0.1, 0.15) is 93.8 Å². The van der Waals surface area contributed by atoms with Crippen LogP contribution in [0.25, 0.3) is 43.4 Å². The van der Waals surface area contributed by atoms with E-state index in [1.807, 2.05) is 49.7 Å². The van der Waals surface area contributed by atoms with E-state index in [2.05, 4.69) is 65.5 Å². The first-order valence-corrected chi connectivity index (χ1v) is 29.3. The number of benzene rings is 3. The predicted octanol–water partition coefficient (Wildman–Crippen LogP) is 8.84. The molecule has 78 heavy (non-hydrogen) atoms. The van der Waals surface area contributed by atoms with E-state index in [4.69, 9.17) is 19.5 Å². The third-order valence-corrected chi connectivity index (χ3v) is 18.9. The maximum atomic E-state index is 17.4. The van der Waals surface area contributed by atoms with Gasteiger partial charge >= 0.3 is 0 Å². The van der Waals surface area contributed by atoms with Crippen molar-refractivity contribution < 1.29 is 23.6 Å². The Hall–Kier alpha value is -6.76. The minimum atomic E-state index is -0.511. The molecule has 6 aliphatic heterocycles. The van der Waals surface area contributed by atoms with Gasteiger partial charge in [-0.2, -0.15) is 4.98 Å². The number of piperidine rings is 1. The first-order chi connectivity index (χ1) is 38.0. The largest absolute Gasteiger partial charge is 0.508 e. The molecule has 7 aromatic rings. The fourth-order valence-electron chi connectivity index (χ4n) is 13.7. The minimum absolute atomic E-state index is 0.0722. The number of halogens is 1. The summed E-state index contributed by atoms with van der Waals surface area (Å²) in [7, 11) is 0. The number of phenols is 1. The zero-order valence-corrected chi connectivity index (χ0v) is 45.7. The third kappa shape index (κ3) is 9.82. The molecule has 6 saturated heterocycles. The van der Waals surface area contributed by atoms with Crippen LogP contribution in [0.15, 0.2) is 76.9 Å². The van der Waals surface area contributed by atoms with Crippen LogP contribution in [0.4, 0.5) is 22.0 Å². The van der Waals surface area contributed by atoms with Crippen LogP contribution >= 0.6 is 11.3 Å². The van der Waals surface area contributed by atoms with Gasteiger partial charge in [0.25, 0.3) is 0 Å². The van der Waals surface area contributed by atoms with Crippen molar-refractivity contribution in [2.45, 2.75) is 115 Å². The number of thiazole rings is 1. The maximum Gasteiger partial charge on any atom is 0.243 e. The summed E-state index contributed by atoms with van der Waals surface area (Å²) in [4.78, 5) is 59.0. The van der Waals surface area contributed by atoms with Crippen molar-refractivity contribution in [2.75, 3.05) is 73.6 Å². The molecule has 2 amide bonds. The number of nitrogens with zero attached hydrogens (tertiary/aromatic N) is 10. The summed E-state index contributed by atoms with van der Waals surface area (Å²) in [5, 5.41) is 24.5. The molecule has 3 N–H and O–H groups in total. The number of amides is 2. The molecule has 6 fully saturated rings. The summed E-state index contributed by atoms with van der Waals surface area (Å²) in [6, 6.07) is 19.9. The van der Waals surface area contributed by atoms with Crippen molar-refractivity contribution in [1.29, 1.82) is 0 Å². The first kappa shape index (κ1) is 50.7. The number of anilines is 3. The van der Waals surface area contributed by atoms with Crippen LogP contribution in [0.5, 0.6) is 5.75 Å². The Labute approximate surface area is 458 Å². The van der Waals surface area contributed by atoms with Crippen LogP contribution in [0.3, 0.4) is 0 Å². The molecule has 0 spiro atoms. The SMILES string of the molecule is CCc1cccc2cc(O)cc(-c3ncc4c(N5CC6CCC(C5)N6)nc(N5CCC(N6CCC(CC7CN(c8cc(CC(=O)N9CCCC9C(=O)NC(C)c9ccc(-c%10scnc%10C)cc9)on8)C7)CC6)C5)nc4c3F)c12. The Morgan fingerprint density at radius 3 is 2.46 bits per heavy atom. The molecule has 0 saturated carbocycles. The number of hydrogen-bond donors (Lipinski definition) is 3. The van der Waals surface area contributed by atoms with Crippen molar-refractivity contribution in [1.82, 2.24) is 45.5 Å². The van der Waals surface area contributed by atoms with Gasteiger partial charge in [-0.25, -0.2) is 14.4 Å². The van der Waals surface area contributed by atoms with Gasteiger partial charge in [-0.1, -0.05) is 54.5 Å². The maximum absolute atomic E-state index is 17.4. The second-order valence-electron chi connectivity index (χ2n) is 23.0. The molecule has 13 rings (SSSR count). The van der Waals surface area contributed by atoms with Gasteiger partial charge < -0.3 is 39.9 Å². The zero-order chi connectivity index (χ0) is 53.2. The van der Waals surface area contributed by atoms with Crippen molar-refractivity contribution in [3.8, 4) is 27.4 Å². The van der Waals surface area contributed by atoms with Crippen LogP contribution < -0.4 is 25.3 Å². The van der Waals surface area contributed by atoms with Crippen LogP contribution in [0, 0.1) is 24.6 Å². The number of piperazine rings is 1. The van der Waals surface area contributed by atoms with E-state index in [1.165, 1.54) is 6.42 Å². The number of nitrogens with one attached hydrogen (secondary N) is 2. The molecule has 3 aromatic carbocycles. The molecular formula is C60H69FN12O4S. The number of carbonyl (C=O) groups is 2. The highest BCUT2D eigenvalue weighted by molar-refractivity contribution is 7.13. The Kier molecular flexibility index (Phi) is 13.7. The van der Waals surface area contributed by atoms with Crippen molar-refractivity contribution in [2.24, 2.45) is 11.8 Å². The number of aromatic nitrogens is 5. The van der Waals surface area contributed by atoms with E-state index in [-0.39, 0.29) is 41.2 Å². The number of rotatable bonds is 14. The summed E-state index contributed by atoms with van der Waals surface area (Å²) in [5.74, 6) is 3.19. The number of hydrogen-bond acceptors (Lipinski definition) is 15. The Morgan fingerprint density at radius 2 is 1.69 bits per heavy atom. The summed E-state index contributed by atoms with van der Waals surface area (Å²) in [6.45, 7) is 13.8. The van der Waals surface area contributed by atoms with Crippen LogP contribution in [-0.2, 0) is 22.4 Å². The minimum Gasteiger partial charge on any atom is -0.508 e. The van der Waals surface area contributed by atoms with E-state index in [0.29, 0.717) is 65.6 Å². The molecule has 6 aliphatic rings. The summed E-state index contributed by atoms with van der Waals surface area (Å²) < 4.78 is 23.1. The molecule has 16 nitrogen and oxygen atoms in total. The second-order valence-corrected chi connectivity index (χ2v) is 23.9. The smallest absolute Gasteiger partial charge is 0.243 e. The molecule has 5 unspecified atom stereocenters. The summed E-state index contributed by atoms with van der Waals surface area (Å²) >= 11 is 1.62. The van der Waals surface area contributed by atoms with Gasteiger partial charge in [0.2, 0.25) is 17.8 Å². The zero-order valence-electron chi connectivity index (χ0n) is 44.8. The number of pyridine rings is 1. The fraction of sp³-hybridized carbons (Fsp3) is 0.483. The van der Waals surface area contributed by atoms with Gasteiger partial charge in [0, 0.05) is 81.8 Å². The standard InChI is InChI=1S/C60H69FN12O4S/c1-4-39-7-5-8-42-24-46(74)25-48(53(39)42)55-54(61)56-49(28-62-55)58(72-31-43-14-15-44(32-72)65-43)67-60(66-56)70-22-18-45(33-70)69-20-16-37(17-21-69)23-38-29-71(30-38)51-26-47(77-68-51)27-52(75)73-19-6-9-50(73)59(76)64-35(2)40-10-12-41(13-11-40)57-36(3)63-34-78-57/h5,7-8,10-13,24-26,28,34-35,37-38,43-45,50,65,74H,4,6,9,14-23,27,29-33H2,1-3H3,(H,64,76). The highest BCUT2D eigenvalue weighted by Gasteiger charge is 2.39. The lowest BCUT2D eigenvalue weighted by Gasteiger charge is -2.43. The second kappa shape index (κ2) is 21.1. The normalized spacial score (nSPS) is 22.5. The molecular weight excluding hydrogens is 1000 g/mol. The van der Waals surface area contributed by atoms with E-state index in [1.54, 1.807) is 34.6 Å². The predicted molar refractivity (Wildman–Crippen MR) is 302 cm³/mol. The number of fused-ring (bicyclic) bond motifs is 4. The number of likely N-dealkylation sites (tertiary alicyclic amines) is 2. The summed E-state index contributed by atoms with van der Waals surface area (Å²) in [6.07, 6.45) is 10.7. The topological polar surface area (TPSA) is 172 Å². The van der Waals surface area contributed by atoms with E-state index < -0.39 is 11.9 Å². The van der Waals surface area contributed by atoms with E-state index in [0.717, 1.165) is 147 Å². The molecule has 18 heteroatoms. The molecule has 10 heterocycles. The number of aromatic hydroxyl groups is 1. The monoisotopic (exact) mass is 1070 g/mol.